The minimum atomic E-state index is -0.456. The molecule has 0 saturated heterocycles. The first kappa shape index (κ1) is 15.6. The Hall–Kier alpha value is -1.80. The molecule has 2 aromatic rings. The molecule has 0 saturated carbocycles. The number of ether oxygens (including phenoxy) is 1. The van der Waals surface area contributed by atoms with Crippen LogP contribution in [0.4, 0.5) is 0 Å². The van der Waals surface area contributed by atoms with Crippen molar-refractivity contribution in [2.75, 3.05) is 0 Å². The van der Waals surface area contributed by atoms with Crippen molar-refractivity contribution in [1.29, 1.82) is 0 Å². The number of aliphatic hydroxyl groups is 1. The second kappa shape index (κ2) is 7.28. The maximum atomic E-state index is 10.3. The summed E-state index contributed by atoms with van der Waals surface area (Å²) in [7, 11) is 0. The van der Waals surface area contributed by atoms with E-state index in [0.717, 1.165) is 17.7 Å². The molecule has 21 heavy (non-hydrogen) atoms. The summed E-state index contributed by atoms with van der Waals surface area (Å²) >= 11 is 0. The molecule has 1 N–H and O–H groups in total. The lowest BCUT2D eigenvalue weighted by molar-refractivity contribution is 0.166. The largest absolute Gasteiger partial charge is 0.491 e. The third-order valence-electron chi connectivity index (χ3n) is 3.44. The van der Waals surface area contributed by atoms with Gasteiger partial charge in [-0.1, -0.05) is 42.0 Å². The van der Waals surface area contributed by atoms with Crippen LogP contribution in [0.15, 0.2) is 48.5 Å². The molecule has 2 nitrogen and oxygen atoms in total. The first-order chi connectivity index (χ1) is 10.0. The van der Waals surface area contributed by atoms with Crippen LogP contribution >= 0.6 is 0 Å². The Morgan fingerprint density at radius 1 is 1.05 bits per heavy atom. The monoisotopic (exact) mass is 284 g/mol. The second-order valence-electron chi connectivity index (χ2n) is 5.78. The standard InChI is InChI=1S/C19H24O2/c1-14(2)21-18-6-4-5-17(13-18)19(20)12-11-16-9-7-15(3)8-10-16/h4-10,13-14,19-20H,11-12H2,1-3H3. The molecule has 0 aliphatic rings. The number of hydrogen-bond acceptors (Lipinski definition) is 2. The van der Waals surface area contributed by atoms with Crippen molar-refractivity contribution in [3.05, 3.63) is 65.2 Å². The van der Waals surface area contributed by atoms with Gasteiger partial charge in [-0.25, -0.2) is 0 Å². The van der Waals surface area contributed by atoms with Crippen LogP contribution in [0.1, 0.15) is 43.1 Å². The molecule has 0 amide bonds. The third-order valence-corrected chi connectivity index (χ3v) is 3.44. The summed E-state index contributed by atoms with van der Waals surface area (Å²) in [6, 6.07) is 16.2. The molecule has 0 aliphatic heterocycles. The lowest BCUT2D eigenvalue weighted by atomic mass is 10.0. The summed E-state index contributed by atoms with van der Waals surface area (Å²) in [4.78, 5) is 0. The van der Waals surface area contributed by atoms with Gasteiger partial charge in [-0.05, 0) is 56.9 Å². The average molecular weight is 284 g/mol. The molecule has 2 aromatic carbocycles. The molecule has 0 radical (unpaired) electrons. The molecule has 2 heteroatoms. The van der Waals surface area contributed by atoms with Gasteiger partial charge in [0.2, 0.25) is 0 Å². The first-order valence-electron chi connectivity index (χ1n) is 7.55. The highest BCUT2D eigenvalue weighted by Gasteiger charge is 2.09. The van der Waals surface area contributed by atoms with Gasteiger partial charge in [-0.3, -0.25) is 0 Å². The van der Waals surface area contributed by atoms with E-state index in [2.05, 4.69) is 31.2 Å². The fraction of sp³-hybridized carbons (Fsp3) is 0.368. The number of benzene rings is 2. The van der Waals surface area contributed by atoms with Crippen LogP contribution in [-0.2, 0) is 6.42 Å². The Bertz CT molecular complexity index is 558. The van der Waals surface area contributed by atoms with Crippen LogP contribution in [0.5, 0.6) is 5.75 Å². The zero-order valence-corrected chi connectivity index (χ0v) is 13.0. The molecule has 0 aromatic heterocycles. The highest BCUT2D eigenvalue weighted by molar-refractivity contribution is 5.30. The minimum Gasteiger partial charge on any atom is -0.491 e. The molecular weight excluding hydrogens is 260 g/mol. The Morgan fingerprint density at radius 3 is 2.43 bits per heavy atom. The summed E-state index contributed by atoms with van der Waals surface area (Å²) < 4.78 is 5.67. The summed E-state index contributed by atoms with van der Waals surface area (Å²) in [6.07, 6.45) is 1.28. The van der Waals surface area contributed by atoms with E-state index in [-0.39, 0.29) is 6.10 Å². The highest BCUT2D eigenvalue weighted by Crippen LogP contribution is 2.23. The predicted octanol–water partition coefficient (Wildman–Crippen LogP) is 4.45. The first-order valence-corrected chi connectivity index (χ1v) is 7.55. The van der Waals surface area contributed by atoms with Crippen molar-refractivity contribution in [2.45, 2.75) is 45.8 Å². The fourth-order valence-corrected chi connectivity index (χ4v) is 2.29. The van der Waals surface area contributed by atoms with Gasteiger partial charge in [-0.15, -0.1) is 0 Å². The molecular formula is C19H24O2. The van der Waals surface area contributed by atoms with Gasteiger partial charge in [0.15, 0.2) is 0 Å². The maximum Gasteiger partial charge on any atom is 0.120 e. The van der Waals surface area contributed by atoms with Gasteiger partial charge in [0, 0.05) is 0 Å². The van der Waals surface area contributed by atoms with Gasteiger partial charge in [-0.2, -0.15) is 0 Å². The zero-order valence-electron chi connectivity index (χ0n) is 13.0. The summed E-state index contributed by atoms with van der Waals surface area (Å²) in [5.41, 5.74) is 3.44. The van der Waals surface area contributed by atoms with E-state index in [1.807, 2.05) is 38.1 Å². The summed E-state index contributed by atoms with van der Waals surface area (Å²) in [5.74, 6) is 0.817. The Labute approximate surface area is 127 Å². The number of aryl methyl sites for hydroxylation is 2. The van der Waals surface area contributed by atoms with Gasteiger partial charge >= 0.3 is 0 Å². The molecule has 0 bridgehead atoms. The number of rotatable bonds is 6. The minimum absolute atomic E-state index is 0.143. The van der Waals surface area contributed by atoms with Crippen molar-refractivity contribution in [2.24, 2.45) is 0 Å². The Morgan fingerprint density at radius 2 is 1.76 bits per heavy atom. The van der Waals surface area contributed by atoms with Crippen molar-refractivity contribution in [3.63, 3.8) is 0 Å². The molecule has 0 spiro atoms. The normalized spacial score (nSPS) is 12.4. The molecule has 2 rings (SSSR count). The zero-order chi connectivity index (χ0) is 15.2. The van der Waals surface area contributed by atoms with E-state index in [1.165, 1.54) is 11.1 Å². The molecule has 1 atom stereocenters. The van der Waals surface area contributed by atoms with Crippen LogP contribution < -0.4 is 4.74 Å². The Kier molecular flexibility index (Phi) is 5.40. The van der Waals surface area contributed by atoms with Crippen molar-refractivity contribution >= 4 is 0 Å². The topological polar surface area (TPSA) is 29.5 Å². The molecule has 0 fully saturated rings. The Balaban J connectivity index is 1.96. The van der Waals surface area contributed by atoms with Crippen molar-refractivity contribution in [1.82, 2.24) is 0 Å². The summed E-state index contributed by atoms with van der Waals surface area (Å²) in [6.45, 7) is 6.08. The summed E-state index contributed by atoms with van der Waals surface area (Å²) in [5, 5.41) is 10.3. The lowest BCUT2D eigenvalue weighted by Crippen LogP contribution is -2.06. The van der Waals surface area contributed by atoms with Crippen LogP contribution in [0, 0.1) is 6.92 Å². The van der Waals surface area contributed by atoms with Crippen molar-refractivity contribution in [3.8, 4) is 5.75 Å². The van der Waals surface area contributed by atoms with Gasteiger partial charge < -0.3 is 9.84 Å². The molecule has 112 valence electrons. The predicted molar refractivity (Wildman–Crippen MR) is 86.7 cm³/mol. The number of hydrogen-bond donors (Lipinski definition) is 1. The van der Waals surface area contributed by atoms with Gasteiger partial charge in [0.1, 0.15) is 5.75 Å². The van der Waals surface area contributed by atoms with E-state index in [9.17, 15) is 5.11 Å². The van der Waals surface area contributed by atoms with Gasteiger partial charge in [0.05, 0.1) is 12.2 Å². The quantitative estimate of drug-likeness (QED) is 0.849. The van der Waals surface area contributed by atoms with E-state index < -0.39 is 6.10 Å². The second-order valence-corrected chi connectivity index (χ2v) is 5.78. The molecule has 0 heterocycles. The van der Waals surface area contributed by atoms with Crippen molar-refractivity contribution < 1.29 is 9.84 Å². The van der Waals surface area contributed by atoms with Crippen LogP contribution in [0.3, 0.4) is 0 Å². The molecule has 1 unspecified atom stereocenters. The average Bonchev–Trinajstić information content (AvgIpc) is 2.46. The smallest absolute Gasteiger partial charge is 0.120 e. The van der Waals surface area contributed by atoms with Crippen LogP contribution in [-0.4, -0.2) is 11.2 Å². The SMILES string of the molecule is Cc1ccc(CCC(O)c2cccc(OC(C)C)c2)cc1. The maximum absolute atomic E-state index is 10.3. The highest BCUT2D eigenvalue weighted by atomic mass is 16.5. The lowest BCUT2D eigenvalue weighted by Gasteiger charge is -2.14. The van der Waals surface area contributed by atoms with Gasteiger partial charge in [0.25, 0.3) is 0 Å². The van der Waals surface area contributed by atoms with Crippen LogP contribution in [0.2, 0.25) is 0 Å². The van der Waals surface area contributed by atoms with E-state index in [0.29, 0.717) is 6.42 Å². The fourth-order valence-electron chi connectivity index (χ4n) is 2.29. The van der Waals surface area contributed by atoms with E-state index >= 15 is 0 Å². The van der Waals surface area contributed by atoms with E-state index in [1.54, 1.807) is 0 Å². The number of aliphatic hydroxyl groups excluding tert-OH is 1. The third kappa shape index (κ3) is 4.91. The van der Waals surface area contributed by atoms with E-state index in [4.69, 9.17) is 4.74 Å². The van der Waals surface area contributed by atoms with Crippen LogP contribution in [0.25, 0.3) is 0 Å². The molecule has 0 aliphatic carbocycles.